The predicted octanol–water partition coefficient (Wildman–Crippen LogP) is 5.60. The molecule has 0 spiro atoms. The minimum absolute atomic E-state index is 0.0164. The molecule has 0 bridgehead atoms. The van der Waals surface area contributed by atoms with Crippen molar-refractivity contribution in [2.75, 3.05) is 14.2 Å². The smallest absolute Gasteiger partial charge is 0.402 e. The van der Waals surface area contributed by atoms with Crippen LogP contribution in [-0.4, -0.2) is 14.2 Å². The number of rotatable bonds is 5. The zero-order valence-electron chi connectivity index (χ0n) is 9.82. The highest BCUT2D eigenvalue weighted by Gasteiger charge is 2.27. The standard InChI is InChI=1S/C10H9Cl4O4P/c1-16-19(15,17-2)18-8(5-11)6-3-4-7(12)10(14)9(6)13/h3-5H,1-2H3/b8-5+. The molecule has 0 saturated carbocycles. The highest BCUT2D eigenvalue weighted by molar-refractivity contribution is 7.48. The van der Waals surface area contributed by atoms with Gasteiger partial charge in [-0.2, -0.15) is 0 Å². The quantitative estimate of drug-likeness (QED) is 0.387. The van der Waals surface area contributed by atoms with Crippen molar-refractivity contribution < 1.29 is 18.1 Å². The van der Waals surface area contributed by atoms with Crippen LogP contribution < -0.4 is 0 Å². The largest absolute Gasteiger partial charge is 0.529 e. The predicted molar refractivity (Wildman–Crippen MR) is 78.0 cm³/mol. The minimum Gasteiger partial charge on any atom is -0.402 e. The molecule has 0 aliphatic heterocycles. The van der Waals surface area contributed by atoms with E-state index in [4.69, 9.17) is 50.9 Å². The van der Waals surface area contributed by atoms with Gasteiger partial charge in [-0.15, -0.1) is 0 Å². The summed E-state index contributed by atoms with van der Waals surface area (Å²) in [5.41, 5.74) is 1.34. The van der Waals surface area contributed by atoms with E-state index in [1.54, 1.807) is 0 Å². The van der Waals surface area contributed by atoms with Crippen LogP contribution in [0.3, 0.4) is 0 Å². The number of benzene rings is 1. The number of phosphoric ester groups is 1. The number of hydrogen-bond donors (Lipinski definition) is 0. The molecule has 4 nitrogen and oxygen atoms in total. The summed E-state index contributed by atoms with van der Waals surface area (Å²) in [6, 6.07) is 3.01. The summed E-state index contributed by atoms with van der Waals surface area (Å²) in [6.07, 6.45) is 0. The molecule has 0 saturated heterocycles. The number of hydrogen-bond acceptors (Lipinski definition) is 4. The minimum atomic E-state index is -3.75. The first-order valence-corrected chi connectivity index (χ1v) is 7.77. The fourth-order valence-electron chi connectivity index (χ4n) is 1.11. The Bertz CT molecular complexity index is 539. The monoisotopic (exact) mass is 364 g/mol. The van der Waals surface area contributed by atoms with E-state index < -0.39 is 7.82 Å². The van der Waals surface area contributed by atoms with E-state index in [0.29, 0.717) is 5.56 Å². The van der Waals surface area contributed by atoms with Crippen molar-refractivity contribution in [3.05, 3.63) is 38.3 Å². The molecule has 0 atom stereocenters. The van der Waals surface area contributed by atoms with Gasteiger partial charge in [-0.05, 0) is 12.1 Å². The van der Waals surface area contributed by atoms with Gasteiger partial charge in [-0.25, -0.2) is 4.57 Å². The van der Waals surface area contributed by atoms with Gasteiger partial charge in [0, 0.05) is 25.3 Å². The summed E-state index contributed by atoms with van der Waals surface area (Å²) in [6.45, 7) is 0. The van der Waals surface area contributed by atoms with Crippen LogP contribution in [0.15, 0.2) is 17.7 Å². The Kier molecular flexibility index (Phi) is 6.48. The zero-order chi connectivity index (χ0) is 14.6. The lowest BCUT2D eigenvalue weighted by Crippen LogP contribution is -1.96. The van der Waals surface area contributed by atoms with Gasteiger partial charge in [0.05, 0.1) is 15.1 Å². The van der Waals surface area contributed by atoms with E-state index in [1.165, 1.54) is 26.4 Å². The first kappa shape index (κ1) is 17.1. The second-order valence-corrected chi connectivity index (χ2v) is 6.29. The molecule has 19 heavy (non-hydrogen) atoms. The van der Waals surface area contributed by atoms with Crippen molar-refractivity contribution in [1.82, 2.24) is 0 Å². The van der Waals surface area contributed by atoms with Crippen molar-refractivity contribution in [1.29, 1.82) is 0 Å². The molecule has 0 fully saturated rings. The average Bonchev–Trinajstić information content (AvgIpc) is 2.43. The molecular weight excluding hydrogens is 357 g/mol. The number of halogens is 4. The van der Waals surface area contributed by atoms with Crippen molar-refractivity contribution in [3.63, 3.8) is 0 Å². The Morgan fingerprint density at radius 1 is 1.16 bits per heavy atom. The van der Waals surface area contributed by atoms with Crippen LogP contribution in [0.5, 0.6) is 0 Å². The second kappa shape index (κ2) is 7.19. The molecule has 1 aromatic rings. The van der Waals surface area contributed by atoms with Gasteiger partial charge >= 0.3 is 7.82 Å². The normalized spacial score (nSPS) is 12.6. The Morgan fingerprint density at radius 3 is 2.21 bits per heavy atom. The molecule has 1 aromatic carbocycles. The van der Waals surface area contributed by atoms with E-state index in [1.807, 2.05) is 0 Å². The van der Waals surface area contributed by atoms with E-state index >= 15 is 0 Å². The molecule has 0 unspecified atom stereocenters. The Balaban J connectivity index is 3.20. The molecule has 106 valence electrons. The maximum absolute atomic E-state index is 11.9. The van der Waals surface area contributed by atoms with E-state index in [0.717, 1.165) is 5.54 Å². The van der Waals surface area contributed by atoms with Gasteiger partial charge in [0.25, 0.3) is 0 Å². The third-order valence-electron chi connectivity index (χ3n) is 2.06. The lowest BCUT2D eigenvalue weighted by Gasteiger charge is -2.17. The van der Waals surface area contributed by atoms with Crippen molar-refractivity contribution in [2.24, 2.45) is 0 Å². The number of phosphoric acid groups is 1. The molecule has 0 radical (unpaired) electrons. The van der Waals surface area contributed by atoms with Crippen molar-refractivity contribution in [2.45, 2.75) is 0 Å². The third-order valence-corrected chi connectivity index (χ3v) is 4.86. The van der Waals surface area contributed by atoms with Gasteiger partial charge in [-0.3, -0.25) is 9.05 Å². The molecule has 9 heteroatoms. The molecule has 1 rings (SSSR count). The highest BCUT2D eigenvalue weighted by atomic mass is 35.5. The van der Waals surface area contributed by atoms with Gasteiger partial charge < -0.3 is 4.52 Å². The van der Waals surface area contributed by atoms with Crippen LogP contribution in [0.25, 0.3) is 5.76 Å². The van der Waals surface area contributed by atoms with Crippen LogP contribution in [0, 0.1) is 0 Å². The summed E-state index contributed by atoms with van der Waals surface area (Å²) in [4.78, 5) is 0. The molecule has 0 N–H and O–H groups in total. The average molecular weight is 366 g/mol. The van der Waals surface area contributed by atoms with Crippen molar-refractivity contribution >= 4 is 60.0 Å². The lowest BCUT2D eigenvalue weighted by molar-refractivity contribution is 0.201. The maximum Gasteiger partial charge on any atom is 0.529 e. The second-order valence-electron chi connectivity index (χ2n) is 3.10. The van der Waals surface area contributed by atoms with E-state index in [-0.39, 0.29) is 20.8 Å². The molecule has 0 aromatic heterocycles. The first-order valence-electron chi connectivity index (χ1n) is 4.74. The third kappa shape index (κ3) is 4.02. The van der Waals surface area contributed by atoms with Gasteiger partial charge in [-0.1, -0.05) is 46.4 Å². The van der Waals surface area contributed by atoms with Crippen LogP contribution in [0.1, 0.15) is 5.56 Å². The molecular formula is C10H9Cl4O4P. The van der Waals surface area contributed by atoms with Crippen LogP contribution >= 0.6 is 54.2 Å². The fourth-order valence-corrected chi connectivity index (χ4v) is 2.66. The van der Waals surface area contributed by atoms with Gasteiger partial charge in [0.2, 0.25) is 0 Å². The SMILES string of the molecule is COP(=O)(OC)O/C(=C/Cl)c1ccc(Cl)c(Cl)c1Cl. The first-order chi connectivity index (χ1) is 8.88. The molecule has 0 aliphatic rings. The Labute approximate surface area is 130 Å². The van der Waals surface area contributed by atoms with Crippen LogP contribution in [0.2, 0.25) is 15.1 Å². The van der Waals surface area contributed by atoms with E-state index in [9.17, 15) is 4.57 Å². The fraction of sp³-hybridized carbons (Fsp3) is 0.200. The maximum atomic E-state index is 11.9. The van der Waals surface area contributed by atoms with Crippen LogP contribution in [0.4, 0.5) is 0 Å². The highest BCUT2D eigenvalue weighted by Crippen LogP contribution is 2.52. The Hall–Kier alpha value is 0.0700. The summed E-state index contributed by atoms with van der Waals surface area (Å²) < 4.78 is 26.3. The van der Waals surface area contributed by atoms with Crippen LogP contribution in [-0.2, 0) is 18.1 Å². The molecule has 0 aliphatic carbocycles. The Morgan fingerprint density at radius 2 is 1.74 bits per heavy atom. The lowest BCUT2D eigenvalue weighted by atomic mass is 10.2. The molecule has 0 amide bonds. The van der Waals surface area contributed by atoms with Gasteiger partial charge in [0.1, 0.15) is 0 Å². The topological polar surface area (TPSA) is 44.8 Å². The zero-order valence-corrected chi connectivity index (χ0v) is 13.7. The van der Waals surface area contributed by atoms with Crippen molar-refractivity contribution in [3.8, 4) is 0 Å². The van der Waals surface area contributed by atoms with E-state index in [2.05, 4.69) is 9.05 Å². The summed E-state index contributed by atoms with van der Waals surface area (Å²) >= 11 is 23.4. The molecule has 0 heterocycles. The summed E-state index contributed by atoms with van der Waals surface area (Å²) in [5, 5.41) is 0.510. The van der Waals surface area contributed by atoms with Gasteiger partial charge in [0.15, 0.2) is 5.76 Å². The summed E-state index contributed by atoms with van der Waals surface area (Å²) in [7, 11) is -1.41. The summed E-state index contributed by atoms with van der Waals surface area (Å²) in [5.74, 6) is -0.0164.